The van der Waals surface area contributed by atoms with E-state index in [1.807, 2.05) is 6.92 Å². The summed E-state index contributed by atoms with van der Waals surface area (Å²) in [4.78, 5) is 4.23. The van der Waals surface area contributed by atoms with Crippen LogP contribution in [0.4, 0.5) is 0 Å². The predicted molar refractivity (Wildman–Crippen MR) is 63.7 cm³/mol. The molecule has 16 heavy (non-hydrogen) atoms. The van der Waals surface area contributed by atoms with Gasteiger partial charge in [-0.1, -0.05) is 11.8 Å². The minimum absolute atomic E-state index is 0.427. The van der Waals surface area contributed by atoms with E-state index < -0.39 is 0 Å². The fourth-order valence-corrected chi connectivity index (χ4v) is 2.41. The molecule has 0 amide bonds. The molecule has 1 fully saturated rings. The highest BCUT2D eigenvalue weighted by Crippen LogP contribution is 2.12. The zero-order valence-electron chi connectivity index (χ0n) is 9.53. The van der Waals surface area contributed by atoms with Crippen LogP contribution in [0.2, 0.25) is 0 Å². The second-order valence-corrected chi connectivity index (χ2v) is 4.95. The van der Waals surface area contributed by atoms with Crippen LogP contribution in [0.25, 0.3) is 0 Å². The maximum Gasteiger partial charge on any atom is 0.208 e. The van der Waals surface area contributed by atoms with Crippen molar-refractivity contribution in [2.45, 2.75) is 31.0 Å². The third kappa shape index (κ3) is 3.77. The molecule has 1 unspecified atom stereocenters. The van der Waals surface area contributed by atoms with Crippen LogP contribution in [-0.4, -0.2) is 46.7 Å². The molecule has 1 aliphatic heterocycles. The van der Waals surface area contributed by atoms with Gasteiger partial charge in [0.15, 0.2) is 0 Å². The molecular formula is C10H18N4OS. The first-order valence-corrected chi connectivity index (χ1v) is 6.67. The zero-order chi connectivity index (χ0) is 11.2. The van der Waals surface area contributed by atoms with E-state index in [-0.39, 0.29) is 0 Å². The van der Waals surface area contributed by atoms with Gasteiger partial charge in [-0.05, 0) is 19.8 Å². The van der Waals surface area contributed by atoms with Crippen LogP contribution < -0.4 is 5.32 Å². The van der Waals surface area contributed by atoms with Crippen LogP contribution in [0.5, 0.6) is 0 Å². The Morgan fingerprint density at radius 3 is 3.25 bits per heavy atom. The van der Waals surface area contributed by atoms with Crippen molar-refractivity contribution >= 4 is 11.8 Å². The molecule has 2 N–H and O–H groups in total. The van der Waals surface area contributed by atoms with Crippen molar-refractivity contribution in [3.8, 4) is 0 Å². The average molecular weight is 242 g/mol. The second kappa shape index (κ2) is 6.22. The number of aromatic amines is 1. The molecule has 0 saturated carbocycles. The quantitative estimate of drug-likeness (QED) is 0.575. The SMILES string of the molecule is Cc1nc(SCCNCC2CCCO2)n[nH]1. The van der Waals surface area contributed by atoms with Gasteiger partial charge >= 0.3 is 0 Å². The maximum absolute atomic E-state index is 5.52. The van der Waals surface area contributed by atoms with E-state index in [1.165, 1.54) is 12.8 Å². The zero-order valence-corrected chi connectivity index (χ0v) is 10.3. The summed E-state index contributed by atoms with van der Waals surface area (Å²) in [6.07, 6.45) is 2.83. The molecule has 5 nitrogen and oxygen atoms in total. The lowest BCUT2D eigenvalue weighted by Gasteiger charge is -2.09. The topological polar surface area (TPSA) is 62.8 Å². The van der Waals surface area contributed by atoms with Gasteiger partial charge in [-0.3, -0.25) is 5.10 Å². The van der Waals surface area contributed by atoms with Crippen molar-refractivity contribution in [2.24, 2.45) is 0 Å². The van der Waals surface area contributed by atoms with Crippen LogP contribution in [0, 0.1) is 6.92 Å². The smallest absolute Gasteiger partial charge is 0.208 e. The minimum Gasteiger partial charge on any atom is -0.377 e. The van der Waals surface area contributed by atoms with Gasteiger partial charge in [-0.15, -0.1) is 5.10 Å². The second-order valence-electron chi connectivity index (χ2n) is 3.89. The number of aryl methyl sites for hydroxylation is 1. The van der Waals surface area contributed by atoms with Crippen molar-refractivity contribution in [1.29, 1.82) is 0 Å². The van der Waals surface area contributed by atoms with Gasteiger partial charge in [0.05, 0.1) is 6.10 Å². The summed E-state index contributed by atoms with van der Waals surface area (Å²) in [6, 6.07) is 0. The molecule has 0 bridgehead atoms. The van der Waals surface area contributed by atoms with Crippen LogP contribution in [0.15, 0.2) is 5.16 Å². The van der Waals surface area contributed by atoms with Gasteiger partial charge in [0.2, 0.25) is 5.16 Å². The van der Waals surface area contributed by atoms with Gasteiger partial charge in [0.25, 0.3) is 0 Å². The van der Waals surface area contributed by atoms with E-state index in [0.29, 0.717) is 6.10 Å². The number of H-pyrrole nitrogens is 1. The molecule has 6 heteroatoms. The van der Waals surface area contributed by atoms with Crippen LogP contribution in [-0.2, 0) is 4.74 Å². The molecule has 1 aliphatic rings. The first-order valence-electron chi connectivity index (χ1n) is 5.69. The van der Waals surface area contributed by atoms with E-state index >= 15 is 0 Å². The first-order chi connectivity index (χ1) is 7.84. The number of ether oxygens (including phenoxy) is 1. The highest BCUT2D eigenvalue weighted by Gasteiger charge is 2.14. The van der Waals surface area contributed by atoms with E-state index in [2.05, 4.69) is 20.5 Å². The molecular weight excluding hydrogens is 224 g/mol. The molecule has 0 spiro atoms. The average Bonchev–Trinajstić information content (AvgIpc) is 2.89. The van der Waals surface area contributed by atoms with Gasteiger partial charge in [0.1, 0.15) is 5.82 Å². The number of nitrogens with one attached hydrogen (secondary N) is 2. The van der Waals surface area contributed by atoms with Gasteiger partial charge < -0.3 is 10.1 Å². The third-order valence-corrected chi connectivity index (χ3v) is 3.33. The van der Waals surface area contributed by atoms with E-state index in [4.69, 9.17) is 4.74 Å². The molecule has 1 saturated heterocycles. The maximum atomic E-state index is 5.52. The van der Waals surface area contributed by atoms with E-state index in [1.54, 1.807) is 11.8 Å². The Morgan fingerprint density at radius 1 is 1.62 bits per heavy atom. The summed E-state index contributed by atoms with van der Waals surface area (Å²) in [7, 11) is 0. The Hall–Kier alpha value is -0.590. The normalized spacial score (nSPS) is 20.4. The van der Waals surface area contributed by atoms with E-state index in [0.717, 1.165) is 36.4 Å². The lowest BCUT2D eigenvalue weighted by Crippen LogP contribution is -2.27. The summed E-state index contributed by atoms with van der Waals surface area (Å²) in [6.45, 7) is 4.77. The molecule has 0 aromatic carbocycles. The van der Waals surface area contributed by atoms with Gasteiger partial charge in [-0.2, -0.15) is 0 Å². The van der Waals surface area contributed by atoms with Gasteiger partial charge in [-0.25, -0.2) is 4.98 Å². The van der Waals surface area contributed by atoms with Crippen LogP contribution in [0.1, 0.15) is 18.7 Å². The predicted octanol–water partition coefficient (Wildman–Crippen LogP) is 0.974. The molecule has 0 radical (unpaired) electrons. The minimum atomic E-state index is 0.427. The van der Waals surface area contributed by atoms with Crippen molar-refractivity contribution in [3.63, 3.8) is 0 Å². The number of aromatic nitrogens is 3. The van der Waals surface area contributed by atoms with Crippen molar-refractivity contribution in [2.75, 3.05) is 25.4 Å². The van der Waals surface area contributed by atoms with Crippen molar-refractivity contribution < 1.29 is 4.74 Å². The van der Waals surface area contributed by atoms with Crippen LogP contribution in [0.3, 0.4) is 0 Å². The fourth-order valence-electron chi connectivity index (χ4n) is 1.67. The number of nitrogens with zero attached hydrogens (tertiary/aromatic N) is 2. The summed E-state index contributed by atoms with van der Waals surface area (Å²) in [5.41, 5.74) is 0. The summed E-state index contributed by atoms with van der Waals surface area (Å²) in [5.74, 6) is 1.86. The molecule has 2 rings (SSSR count). The highest BCUT2D eigenvalue weighted by molar-refractivity contribution is 7.99. The Morgan fingerprint density at radius 2 is 2.56 bits per heavy atom. The standard InChI is InChI=1S/C10H18N4OS/c1-8-12-10(14-13-8)16-6-4-11-7-9-3-2-5-15-9/h9,11H,2-7H2,1H3,(H,12,13,14). The number of rotatable bonds is 6. The number of thioether (sulfide) groups is 1. The largest absolute Gasteiger partial charge is 0.377 e. The van der Waals surface area contributed by atoms with Crippen molar-refractivity contribution in [1.82, 2.24) is 20.5 Å². The third-order valence-electron chi connectivity index (χ3n) is 2.48. The highest BCUT2D eigenvalue weighted by atomic mass is 32.2. The Kier molecular flexibility index (Phi) is 4.62. The lowest BCUT2D eigenvalue weighted by molar-refractivity contribution is 0.110. The summed E-state index contributed by atoms with van der Waals surface area (Å²) < 4.78 is 5.52. The number of hydrogen-bond donors (Lipinski definition) is 2. The van der Waals surface area contributed by atoms with Crippen molar-refractivity contribution in [3.05, 3.63) is 5.82 Å². The summed E-state index contributed by atoms with van der Waals surface area (Å²) >= 11 is 1.67. The molecule has 1 aromatic rings. The molecule has 0 aliphatic carbocycles. The molecule has 2 heterocycles. The lowest BCUT2D eigenvalue weighted by atomic mass is 10.2. The Labute approximate surface area is 99.7 Å². The number of hydrogen-bond acceptors (Lipinski definition) is 5. The monoisotopic (exact) mass is 242 g/mol. The fraction of sp³-hybridized carbons (Fsp3) is 0.800. The van der Waals surface area contributed by atoms with E-state index in [9.17, 15) is 0 Å². The van der Waals surface area contributed by atoms with Crippen LogP contribution >= 0.6 is 11.8 Å². The molecule has 90 valence electrons. The van der Waals surface area contributed by atoms with Gasteiger partial charge in [0, 0.05) is 25.4 Å². The Balaban J connectivity index is 1.51. The summed E-state index contributed by atoms with van der Waals surface area (Å²) in [5, 5.41) is 11.1. The molecule has 1 atom stereocenters. The Bertz CT molecular complexity index is 312. The first kappa shape index (κ1) is 11.9. The molecule has 1 aromatic heterocycles.